The molecule has 0 unspecified atom stereocenters. The van der Waals surface area contributed by atoms with Gasteiger partial charge in [-0.2, -0.15) is 13.2 Å². The molecule has 2 N–H and O–H groups in total. The molecule has 1 heterocycles. The number of hydrogen-bond donors (Lipinski definition) is 2. The second-order valence-electron chi connectivity index (χ2n) is 4.32. The van der Waals surface area contributed by atoms with Gasteiger partial charge in [0.25, 0.3) is 5.56 Å². The number of nitrogens with zero attached hydrogens (tertiary/aromatic N) is 1. The number of aryl methyl sites for hydroxylation is 1. The molecule has 0 aliphatic heterocycles. The molecule has 0 bridgehead atoms. The van der Waals surface area contributed by atoms with Crippen molar-refractivity contribution in [2.75, 3.05) is 5.32 Å². The Balaban J connectivity index is 2.15. The Morgan fingerprint density at radius 2 is 1.90 bits per heavy atom. The molecule has 0 saturated carbocycles. The van der Waals surface area contributed by atoms with Crippen molar-refractivity contribution < 1.29 is 13.2 Å². The van der Waals surface area contributed by atoms with E-state index in [1.165, 1.54) is 0 Å². The van der Waals surface area contributed by atoms with Gasteiger partial charge in [-0.3, -0.25) is 9.78 Å². The van der Waals surface area contributed by atoms with Gasteiger partial charge < -0.3 is 5.32 Å². The smallest absolute Gasteiger partial charge is 0.352 e. The molecular weight excluding hydrogens is 271 g/mol. The van der Waals surface area contributed by atoms with Crippen LogP contribution in [0.1, 0.15) is 16.8 Å². The van der Waals surface area contributed by atoms with Gasteiger partial charge in [0, 0.05) is 12.6 Å². The second kappa shape index (κ2) is 5.36. The number of rotatable bonds is 3. The molecule has 20 heavy (non-hydrogen) atoms. The molecule has 1 aromatic carbocycles. The van der Waals surface area contributed by atoms with Crippen LogP contribution in [0.3, 0.4) is 0 Å². The van der Waals surface area contributed by atoms with Gasteiger partial charge in [-0.1, -0.05) is 29.8 Å². The van der Waals surface area contributed by atoms with Crippen LogP contribution in [0, 0.1) is 6.92 Å². The number of hydrogen-bond acceptors (Lipinski definition) is 3. The average molecular weight is 283 g/mol. The maximum atomic E-state index is 12.5. The van der Waals surface area contributed by atoms with E-state index < -0.39 is 17.4 Å². The normalized spacial score (nSPS) is 11.4. The van der Waals surface area contributed by atoms with E-state index >= 15 is 0 Å². The van der Waals surface area contributed by atoms with E-state index in [1.54, 1.807) is 0 Å². The van der Waals surface area contributed by atoms with E-state index in [9.17, 15) is 18.0 Å². The summed E-state index contributed by atoms with van der Waals surface area (Å²) < 4.78 is 37.5. The number of anilines is 1. The molecule has 0 atom stereocenters. The highest BCUT2D eigenvalue weighted by Gasteiger charge is 2.33. The summed E-state index contributed by atoms with van der Waals surface area (Å²) in [4.78, 5) is 16.7. The molecule has 0 fully saturated rings. The fourth-order valence-corrected chi connectivity index (χ4v) is 1.58. The highest BCUT2D eigenvalue weighted by atomic mass is 19.4. The summed E-state index contributed by atoms with van der Waals surface area (Å²) in [5, 5.41) is 2.67. The quantitative estimate of drug-likeness (QED) is 0.910. The zero-order chi connectivity index (χ0) is 14.8. The van der Waals surface area contributed by atoms with Gasteiger partial charge in [-0.15, -0.1) is 0 Å². The predicted octanol–water partition coefficient (Wildman–Crippen LogP) is 2.71. The number of benzene rings is 1. The van der Waals surface area contributed by atoms with Crippen molar-refractivity contribution in [3.63, 3.8) is 0 Å². The molecule has 0 aliphatic carbocycles. The summed E-state index contributed by atoms with van der Waals surface area (Å²) in [6.45, 7) is 2.20. The first-order chi connectivity index (χ1) is 9.34. The standard InChI is InChI=1S/C13H12F3N3O/c1-8-2-4-9(5-3-8)7-17-12-18-10(13(14,15)16)6-11(20)19-12/h2-6H,7H2,1H3,(H2,17,18,19,20). The maximum absolute atomic E-state index is 12.5. The van der Waals surface area contributed by atoms with Crippen LogP contribution in [0.15, 0.2) is 35.1 Å². The first kappa shape index (κ1) is 14.1. The van der Waals surface area contributed by atoms with Crippen LogP contribution in [-0.2, 0) is 12.7 Å². The fraction of sp³-hybridized carbons (Fsp3) is 0.231. The van der Waals surface area contributed by atoms with Crippen LogP contribution in [0.4, 0.5) is 19.1 Å². The Morgan fingerprint density at radius 3 is 2.50 bits per heavy atom. The van der Waals surface area contributed by atoms with E-state index in [2.05, 4.69) is 15.3 Å². The minimum atomic E-state index is -4.64. The minimum absolute atomic E-state index is 0.203. The third kappa shape index (κ3) is 3.59. The second-order valence-corrected chi connectivity index (χ2v) is 4.32. The Kier molecular flexibility index (Phi) is 3.78. The van der Waals surface area contributed by atoms with Crippen molar-refractivity contribution in [2.24, 2.45) is 0 Å². The summed E-state index contributed by atoms with van der Waals surface area (Å²) in [6.07, 6.45) is -4.64. The van der Waals surface area contributed by atoms with E-state index in [4.69, 9.17) is 0 Å². The highest BCUT2D eigenvalue weighted by molar-refractivity contribution is 5.30. The lowest BCUT2D eigenvalue weighted by Crippen LogP contribution is -2.18. The van der Waals surface area contributed by atoms with E-state index in [-0.39, 0.29) is 12.5 Å². The topological polar surface area (TPSA) is 57.8 Å². The zero-order valence-corrected chi connectivity index (χ0v) is 10.6. The van der Waals surface area contributed by atoms with Crippen LogP contribution in [-0.4, -0.2) is 9.97 Å². The molecular formula is C13H12F3N3O. The lowest BCUT2D eigenvalue weighted by Gasteiger charge is -2.09. The molecule has 0 spiro atoms. The van der Waals surface area contributed by atoms with Gasteiger partial charge in [-0.05, 0) is 12.5 Å². The number of nitrogens with one attached hydrogen (secondary N) is 2. The largest absolute Gasteiger partial charge is 0.433 e. The Bertz CT molecular complexity index is 647. The minimum Gasteiger partial charge on any atom is -0.352 e. The number of alkyl halides is 3. The van der Waals surface area contributed by atoms with Crippen molar-refractivity contribution in [1.82, 2.24) is 9.97 Å². The summed E-state index contributed by atoms with van der Waals surface area (Å²) in [7, 11) is 0. The van der Waals surface area contributed by atoms with Gasteiger partial charge >= 0.3 is 6.18 Å². The molecule has 0 amide bonds. The fourth-order valence-electron chi connectivity index (χ4n) is 1.58. The summed E-state index contributed by atoms with van der Waals surface area (Å²) >= 11 is 0. The number of H-pyrrole nitrogens is 1. The molecule has 0 aliphatic rings. The van der Waals surface area contributed by atoms with Crippen LogP contribution in [0.5, 0.6) is 0 Å². The molecule has 4 nitrogen and oxygen atoms in total. The maximum Gasteiger partial charge on any atom is 0.433 e. The lowest BCUT2D eigenvalue weighted by molar-refractivity contribution is -0.141. The third-order valence-electron chi connectivity index (χ3n) is 2.61. The Hall–Kier alpha value is -2.31. The Labute approximate surface area is 112 Å². The summed E-state index contributed by atoms with van der Waals surface area (Å²) in [5.74, 6) is -0.203. The number of halogens is 3. The summed E-state index contributed by atoms with van der Waals surface area (Å²) in [5.41, 5.74) is -0.110. The average Bonchev–Trinajstić information content (AvgIpc) is 2.36. The van der Waals surface area contributed by atoms with E-state index in [1.807, 2.05) is 31.2 Å². The molecule has 2 aromatic rings. The highest BCUT2D eigenvalue weighted by Crippen LogP contribution is 2.26. The van der Waals surface area contributed by atoms with Crippen molar-refractivity contribution in [3.8, 4) is 0 Å². The predicted molar refractivity (Wildman–Crippen MR) is 68.4 cm³/mol. The van der Waals surface area contributed by atoms with E-state index in [0.717, 1.165) is 11.1 Å². The first-order valence-corrected chi connectivity index (χ1v) is 5.82. The van der Waals surface area contributed by atoms with Crippen LogP contribution in [0.25, 0.3) is 0 Å². The van der Waals surface area contributed by atoms with Crippen molar-refractivity contribution in [1.29, 1.82) is 0 Å². The van der Waals surface area contributed by atoms with Crippen molar-refractivity contribution >= 4 is 5.95 Å². The monoisotopic (exact) mass is 283 g/mol. The number of aromatic nitrogens is 2. The molecule has 0 radical (unpaired) electrons. The number of aromatic amines is 1. The van der Waals surface area contributed by atoms with Crippen molar-refractivity contribution in [3.05, 3.63) is 57.5 Å². The molecule has 106 valence electrons. The van der Waals surface area contributed by atoms with Gasteiger partial charge in [0.2, 0.25) is 5.95 Å². The van der Waals surface area contributed by atoms with Gasteiger partial charge in [0.15, 0.2) is 5.69 Å². The first-order valence-electron chi connectivity index (χ1n) is 5.82. The van der Waals surface area contributed by atoms with Crippen LogP contribution in [0.2, 0.25) is 0 Å². The Morgan fingerprint density at radius 1 is 1.25 bits per heavy atom. The van der Waals surface area contributed by atoms with Gasteiger partial charge in [0.1, 0.15) is 0 Å². The van der Waals surface area contributed by atoms with Crippen LogP contribution < -0.4 is 10.9 Å². The van der Waals surface area contributed by atoms with Crippen LogP contribution >= 0.6 is 0 Å². The third-order valence-corrected chi connectivity index (χ3v) is 2.61. The van der Waals surface area contributed by atoms with Crippen molar-refractivity contribution in [2.45, 2.75) is 19.6 Å². The SMILES string of the molecule is Cc1ccc(CNc2nc(C(F)(F)F)cc(=O)[nH]2)cc1. The summed E-state index contributed by atoms with van der Waals surface area (Å²) in [6, 6.07) is 7.89. The lowest BCUT2D eigenvalue weighted by atomic mass is 10.1. The molecule has 2 rings (SSSR count). The molecule has 0 saturated heterocycles. The van der Waals surface area contributed by atoms with Gasteiger partial charge in [0.05, 0.1) is 0 Å². The van der Waals surface area contributed by atoms with Gasteiger partial charge in [-0.25, -0.2) is 4.98 Å². The molecule has 7 heteroatoms. The zero-order valence-electron chi connectivity index (χ0n) is 10.6. The van der Waals surface area contributed by atoms with E-state index in [0.29, 0.717) is 6.07 Å². The molecule has 1 aromatic heterocycles.